The maximum atomic E-state index is 11.5. The second-order valence-electron chi connectivity index (χ2n) is 3.58. The van der Waals surface area contributed by atoms with Crippen LogP contribution in [-0.4, -0.2) is 16.5 Å². The molecule has 0 N–H and O–H groups in total. The van der Waals surface area contributed by atoms with E-state index in [2.05, 4.69) is 6.58 Å². The number of nitrogens with zero attached hydrogens (tertiary/aromatic N) is 1. The number of non-ortho nitro benzene ring substituents is 1. The Labute approximate surface area is 97.9 Å². The molecule has 0 saturated carbocycles. The van der Waals surface area contributed by atoms with Crippen LogP contribution in [0.25, 0.3) is 5.57 Å². The minimum atomic E-state index is -0.524. The van der Waals surface area contributed by atoms with Gasteiger partial charge in [0.25, 0.3) is 5.69 Å². The molecule has 88 valence electrons. The molecule has 0 amide bonds. The van der Waals surface area contributed by atoms with Crippen molar-refractivity contribution in [2.75, 3.05) is 0 Å². The number of Topliss-reactive ketones (excluding diaryl/α,β-unsaturated/α-hetero) is 2. The molecule has 0 saturated heterocycles. The first kappa shape index (κ1) is 12.8. The van der Waals surface area contributed by atoms with Crippen molar-refractivity contribution in [2.24, 2.45) is 0 Å². The molecule has 0 fully saturated rings. The summed E-state index contributed by atoms with van der Waals surface area (Å²) in [5.74, 6) is -0.607. The van der Waals surface area contributed by atoms with Gasteiger partial charge in [-0.3, -0.25) is 19.7 Å². The third-order valence-electron chi connectivity index (χ3n) is 2.17. The molecule has 0 spiro atoms. The molecule has 0 aliphatic carbocycles. The summed E-state index contributed by atoms with van der Waals surface area (Å²) in [5, 5.41) is 10.4. The zero-order valence-corrected chi connectivity index (χ0v) is 9.30. The predicted molar refractivity (Wildman–Crippen MR) is 62.4 cm³/mol. The number of nitro groups is 1. The molecule has 0 heterocycles. The number of nitro benzene ring substituents is 1. The van der Waals surface area contributed by atoms with Gasteiger partial charge in [0, 0.05) is 17.7 Å². The lowest BCUT2D eigenvalue weighted by atomic mass is 10.0. The molecule has 0 aromatic heterocycles. The van der Waals surface area contributed by atoms with Gasteiger partial charge < -0.3 is 0 Å². The topological polar surface area (TPSA) is 77.3 Å². The van der Waals surface area contributed by atoms with Gasteiger partial charge in [0.15, 0.2) is 5.78 Å². The van der Waals surface area contributed by atoms with Gasteiger partial charge >= 0.3 is 0 Å². The first-order valence-electron chi connectivity index (χ1n) is 4.88. The molecule has 0 aliphatic rings. The van der Waals surface area contributed by atoms with E-state index in [9.17, 15) is 19.7 Å². The molecular weight excluding hydrogens is 222 g/mol. The van der Waals surface area contributed by atoms with E-state index in [0.717, 1.165) is 0 Å². The van der Waals surface area contributed by atoms with Gasteiger partial charge in [-0.05, 0) is 24.6 Å². The Morgan fingerprint density at radius 1 is 1.29 bits per heavy atom. The largest absolute Gasteiger partial charge is 0.300 e. The molecule has 1 aromatic rings. The Kier molecular flexibility index (Phi) is 3.87. The summed E-state index contributed by atoms with van der Waals surface area (Å²) >= 11 is 0. The summed E-state index contributed by atoms with van der Waals surface area (Å²) in [6.07, 6.45) is -0.199. The summed E-state index contributed by atoms with van der Waals surface area (Å²) in [5.41, 5.74) is 0.623. The average Bonchev–Trinajstić information content (AvgIpc) is 2.27. The maximum absolute atomic E-state index is 11.5. The molecule has 0 unspecified atom stereocenters. The van der Waals surface area contributed by atoms with Crippen molar-refractivity contribution < 1.29 is 14.5 Å². The van der Waals surface area contributed by atoms with Crippen LogP contribution in [0, 0.1) is 10.1 Å². The monoisotopic (exact) mass is 233 g/mol. The summed E-state index contributed by atoms with van der Waals surface area (Å²) in [6, 6.07) is 5.47. The maximum Gasteiger partial charge on any atom is 0.269 e. The Hall–Kier alpha value is -2.30. The number of hydrogen-bond donors (Lipinski definition) is 0. The van der Waals surface area contributed by atoms with Crippen molar-refractivity contribution in [3.63, 3.8) is 0 Å². The summed E-state index contributed by atoms with van der Waals surface area (Å²) < 4.78 is 0. The number of hydrogen-bond acceptors (Lipinski definition) is 4. The van der Waals surface area contributed by atoms with Crippen molar-refractivity contribution in [1.29, 1.82) is 0 Å². The van der Waals surface area contributed by atoms with E-state index in [-0.39, 0.29) is 29.2 Å². The minimum Gasteiger partial charge on any atom is -0.300 e. The number of carbonyl (C=O) groups is 2. The van der Waals surface area contributed by atoms with Crippen LogP contribution in [-0.2, 0) is 9.59 Å². The van der Waals surface area contributed by atoms with Gasteiger partial charge in [-0.15, -0.1) is 0 Å². The van der Waals surface area contributed by atoms with Crippen molar-refractivity contribution in [3.8, 4) is 0 Å². The van der Waals surface area contributed by atoms with Crippen molar-refractivity contribution in [1.82, 2.24) is 0 Å². The van der Waals surface area contributed by atoms with E-state index in [1.54, 1.807) is 0 Å². The number of carbonyl (C=O) groups excluding carboxylic acids is 2. The Bertz CT molecular complexity index is 488. The van der Waals surface area contributed by atoms with Crippen LogP contribution in [0.1, 0.15) is 18.9 Å². The quantitative estimate of drug-likeness (QED) is 0.338. The normalized spacial score (nSPS) is 9.71. The van der Waals surface area contributed by atoms with Crippen LogP contribution in [0.3, 0.4) is 0 Å². The van der Waals surface area contributed by atoms with E-state index in [0.29, 0.717) is 5.56 Å². The van der Waals surface area contributed by atoms with E-state index in [1.807, 2.05) is 0 Å². The number of allylic oxidation sites excluding steroid dienone is 1. The molecule has 5 heteroatoms. The highest BCUT2D eigenvalue weighted by atomic mass is 16.6. The second-order valence-corrected chi connectivity index (χ2v) is 3.58. The smallest absolute Gasteiger partial charge is 0.269 e. The van der Waals surface area contributed by atoms with Gasteiger partial charge in [-0.2, -0.15) is 0 Å². The lowest BCUT2D eigenvalue weighted by Gasteiger charge is -2.03. The fourth-order valence-corrected chi connectivity index (χ4v) is 1.28. The molecule has 1 aromatic carbocycles. The fourth-order valence-electron chi connectivity index (χ4n) is 1.28. The Morgan fingerprint density at radius 3 is 2.24 bits per heavy atom. The predicted octanol–water partition coefficient (Wildman–Crippen LogP) is 2.16. The summed E-state index contributed by atoms with van der Waals surface area (Å²) in [6.45, 7) is 4.90. The highest BCUT2D eigenvalue weighted by Crippen LogP contribution is 2.19. The lowest BCUT2D eigenvalue weighted by Crippen LogP contribution is -2.06. The standard InChI is InChI=1S/C12H11NO4/c1-8(14)7-12(15)9(2)10-3-5-11(6-4-10)13(16)17/h3-6H,2,7H2,1H3. The van der Waals surface area contributed by atoms with Gasteiger partial charge in [0.1, 0.15) is 5.78 Å². The third kappa shape index (κ3) is 3.34. The number of rotatable bonds is 5. The first-order valence-corrected chi connectivity index (χ1v) is 4.88. The fraction of sp³-hybridized carbons (Fsp3) is 0.167. The summed E-state index contributed by atoms with van der Waals surface area (Å²) in [7, 11) is 0. The number of benzene rings is 1. The molecule has 0 aliphatic heterocycles. The zero-order chi connectivity index (χ0) is 13.0. The van der Waals surface area contributed by atoms with Crippen molar-refractivity contribution in [2.45, 2.75) is 13.3 Å². The van der Waals surface area contributed by atoms with Crippen molar-refractivity contribution >= 4 is 22.8 Å². The number of ketones is 2. The zero-order valence-electron chi connectivity index (χ0n) is 9.30. The summed E-state index contributed by atoms with van der Waals surface area (Å²) in [4.78, 5) is 32.2. The molecule has 1 rings (SSSR count). The Morgan fingerprint density at radius 2 is 1.82 bits per heavy atom. The molecular formula is C12H11NO4. The van der Waals surface area contributed by atoms with Crippen LogP contribution < -0.4 is 0 Å². The van der Waals surface area contributed by atoms with Crippen LogP contribution in [0.2, 0.25) is 0 Å². The second kappa shape index (κ2) is 5.16. The van der Waals surface area contributed by atoms with Gasteiger partial charge in [-0.25, -0.2) is 0 Å². The van der Waals surface area contributed by atoms with Crippen LogP contribution in [0.5, 0.6) is 0 Å². The van der Waals surface area contributed by atoms with Gasteiger partial charge in [-0.1, -0.05) is 6.58 Å². The van der Waals surface area contributed by atoms with Crippen molar-refractivity contribution in [3.05, 3.63) is 46.5 Å². The molecule has 5 nitrogen and oxygen atoms in total. The van der Waals surface area contributed by atoms with Gasteiger partial charge in [0.05, 0.1) is 11.3 Å². The van der Waals surface area contributed by atoms with E-state index >= 15 is 0 Å². The molecule has 17 heavy (non-hydrogen) atoms. The van der Waals surface area contributed by atoms with E-state index < -0.39 is 4.92 Å². The molecule has 0 atom stereocenters. The average molecular weight is 233 g/mol. The first-order chi connectivity index (χ1) is 7.91. The SMILES string of the molecule is C=C(C(=O)CC(C)=O)c1ccc([N+](=O)[O-])cc1. The molecule has 0 bridgehead atoms. The van der Waals surface area contributed by atoms with Crippen LogP contribution >= 0.6 is 0 Å². The third-order valence-corrected chi connectivity index (χ3v) is 2.17. The van der Waals surface area contributed by atoms with E-state index in [1.165, 1.54) is 31.2 Å². The molecule has 0 radical (unpaired) electrons. The lowest BCUT2D eigenvalue weighted by molar-refractivity contribution is -0.384. The highest BCUT2D eigenvalue weighted by molar-refractivity contribution is 6.24. The van der Waals surface area contributed by atoms with E-state index in [4.69, 9.17) is 0 Å². The van der Waals surface area contributed by atoms with Crippen LogP contribution in [0.15, 0.2) is 30.8 Å². The van der Waals surface area contributed by atoms with Crippen LogP contribution in [0.4, 0.5) is 5.69 Å². The van der Waals surface area contributed by atoms with Gasteiger partial charge in [0.2, 0.25) is 0 Å². The minimum absolute atomic E-state index is 0.0550. The Balaban J connectivity index is 2.86. The highest BCUT2D eigenvalue weighted by Gasteiger charge is 2.13.